The molecule has 0 N–H and O–H groups in total. The molecule has 0 unspecified atom stereocenters. The van der Waals surface area contributed by atoms with E-state index in [0.29, 0.717) is 23.2 Å². The number of carbonyl (C=O) groups is 1. The van der Waals surface area contributed by atoms with Crippen LogP contribution in [0.5, 0.6) is 0 Å². The average Bonchev–Trinajstić information content (AvgIpc) is 3.21. The highest BCUT2D eigenvalue weighted by Gasteiger charge is 2.23. The van der Waals surface area contributed by atoms with Crippen molar-refractivity contribution in [2.24, 2.45) is 0 Å². The Morgan fingerprint density at radius 2 is 1.77 bits per heavy atom. The zero-order chi connectivity index (χ0) is 22.0. The fourth-order valence-electron chi connectivity index (χ4n) is 3.48. The zero-order valence-electron chi connectivity index (χ0n) is 18.2. The molecule has 0 atom stereocenters. The number of hydrogen-bond donors (Lipinski definition) is 0. The molecule has 1 amide bonds. The molecule has 0 saturated heterocycles. The first-order valence-corrected chi connectivity index (χ1v) is 11.1. The zero-order valence-corrected chi connectivity index (χ0v) is 19.1. The summed E-state index contributed by atoms with van der Waals surface area (Å²) < 4.78 is 1.09. The smallest absolute Gasteiger partial charge is 0.260 e. The molecule has 4 rings (SSSR count). The van der Waals surface area contributed by atoms with E-state index in [-0.39, 0.29) is 5.91 Å². The first-order valence-electron chi connectivity index (χ1n) is 10.3. The van der Waals surface area contributed by atoms with Crippen LogP contribution in [0.1, 0.15) is 41.4 Å². The van der Waals surface area contributed by atoms with E-state index in [4.69, 9.17) is 4.98 Å². The van der Waals surface area contributed by atoms with Gasteiger partial charge in [-0.2, -0.15) is 0 Å². The van der Waals surface area contributed by atoms with Crippen LogP contribution in [0.15, 0.2) is 66.9 Å². The molecule has 0 spiro atoms. The summed E-state index contributed by atoms with van der Waals surface area (Å²) in [5.41, 5.74) is 4.67. The Hall–Kier alpha value is -3.25. The van der Waals surface area contributed by atoms with Crippen LogP contribution >= 0.6 is 11.3 Å². The molecule has 0 fully saturated rings. The minimum Gasteiger partial charge on any atom is -0.378 e. The maximum absolute atomic E-state index is 13.6. The van der Waals surface area contributed by atoms with E-state index < -0.39 is 0 Å². The molecule has 5 nitrogen and oxygen atoms in total. The third-order valence-electron chi connectivity index (χ3n) is 5.21. The van der Waals surface area contributed by atoms with Gasteiger partial charge in [-0.25, -0.2) is 4.98 Å². The summed E-state index contributed by atoms with van der Waals surface area (Å²) in [6, 6.07) is 19.6. The number of fused-ring (bicyclic) bond motifs is 1. The largest absolute Gasteiger partial charge is 0.378 e. The summed E-state index contributed by atoms with van der Waals surface area (Å²) in [7, 11) is 3.97. The molecule has 2 aromatic heterocycles. The van der Waals surface area contributed by atoms with Crippen molar-refractivity contribution in [2.75, 3.05) is 23.9 Å². The average molecular weight is 431 g/mol. The summed E-state index contributed by atoms with van der Waals surface area (Å²) in [6.45, 7) is 4.69. The number of rotatable bonds is 6. The number of para-hydroxylation sites is 1. The van der Waals surface area contributed by atoms with E-state index in [1.165, 1.54) is 5.56 Å². The molecule has 0 bridgehead atoms. The molecule has 2 aromatic carbocycles. The van der Waals surface area contributed by atoms with Crippen molar-refractivity contribution in [3.05, 3.63) is 83.7 Å². The minimum absolute atomic E-state index is 0.0823. The predicted molar refractivity (Wildman–Crippen MR) is 129 cm³/mol. The summed E-state index contributed by atoms with van der Waals surface area (Å²) in [5, 5.41) is 0.690. The Morgan fingerprint density at radius 3 is 2.42 bits per heavy atom. The number of pyridine rings is 1. The summed E-state index contributed by atoms with van der Waals surface area (Å²) in [5.74, 6) is 0.276. The molecule has 31 heavy (non-hydrogen) atoms. The minimum atomic E-state index is -0.0823. The number of anilines is 2. The van der Waals surface area contributed by atoms with Gasteiger partial charge in [-0.1, -0.05) is 43.4 Å². The van der Waals surface area contributed by atoms with Crippen molar-refractivity contribution in [3.63, 3.8) is 0 Å². The number of nitrogens with zero attached hydrogens (tertiary/aromatic N) is 4. The second kappa shape index (κ2) is 8.86. The van der Waals surface area contributed by atoms with Crippen LogP contribution in [0.25, 0.3) is 10.2 Å². The van der Waals surface area contributed by atoms with Gasteiger partial charge < -0.3 is 4.90 Å². The van der Waals surface area contributed by atoms with Crippen LogP contribution in [0.3, 0.4) is 0 Å². The first kappa shape index (κ1) is 21.0. The van der Waals surface area contributed by atoms with Crippen LogP contribution in [0.2, 0.25) is 0 Å². The van der Waals surface area contributed by atoms with E-state index in [0.717, 1.165) is 21.6 Å². The molecule has 0 radical (unpaired) electrons. The van der Waals surface area contributed by atoms with Crippen LogP contribution in [0, 0.1) is 0 Å². The Kier molecular flexibility index (Phi) is 6.00. The molecular weight excluding hydrogens is 404 g/mol. The van der Waals surface area contributed by atoms with Gasteiger partial charge in [-0.15, -0.1) is 0 Å². The lowest BCUT2D eigenvalue weighted by Crippen LogP contribution is -2.30. The second-order valence-electron chi connectivity index (χ2n) is 8.00. The fourth-order valence-corrected chi connectivity index (χ4v) is 4.48. The maximum atomic E-state index is 13.6. The number of hydrogen-bond acceptors (Lipinski definition) is 5. The van der Waals surface area contributed by atoms with Gasteiger partial charge in [-0.05, 0) is 53.9 Å². The van der Waals surface area contributed by atoms with Crippen molar-refractivity contribution >= 4 is 38.3 Å². The quantitative estimate of drug-likeness (QED) is 0.392. The Morgan fingerprint density at radius 1 is 1.00 bits per heavy atom. The van der Waals surface area contributed by atoms with Gasteiger partial charge in [0.15, 0.2) is 5.13 Å². The number of thiazole rings is 1. The molecule has 6 heteroatoms. The third kappa shape index (κ3) is 4.44. The monoisotopic (exact) mass is 430 g/mol. The highest BCUT2D eigenvalue weighted by Crippen LogP contribution is 2.34. The van der Waals surface area contributed by atoms with E-state index in [1.807, 2.05) is 61.5 Å². The lowest BCUT2D eigenvalue weighted by Gasteiger charge is -2.20. The molecular formula is C25H26N4OS. The number of amides is 1. The fraction of sp³-hybridized carbons (Fsp3) is 0.240. The van der Waals surface area contributed by atoms with Crippen LogP contribution in [-0.4, -0.2) is 30.0 Å². The standard InChI is InChI=1S/C25H26N4OS/c1-17(2)21-9-7-10-22-23(21)27-25(31-22)29(16-19-8-5-6-15-26-19)24(30)18-11-13-20(14-12-18)28(3)4/h5-15,17H,16H2,1-4H3. The molecule has 0 aliphatic rings. The predicted octanol–water partition coefficient (Wildman–Crippen LogP) is 5.73. The molecule has 0 aliphatic heterocycles. The van der Waals surface area contributed by atoms with E-state index >= 15 is 0 Å². The Balaban J connectivity index is 1.76. The van der Waals surface area contributed by atoms with Gasteiger partial charge in [0.1, 0.15) is 0 Å². The van der Waals surface area contributed by atoms with Crippen molar-refractivity contribution in [3.8, 4) is 0 Å². The SMILES string of the molecule is CC(C)c1cccc2sc(N(Cc3ccccn3)C(=O)c3ccc(N(C)C)cc3)nc12. The van der Waals surface area contributed by atoms with E-state index in [2.05, 4.69) is 37.0 Å². The van der Waals surface area contributed by atoms with E-state index in [9.17, 15) is 4.79 Å². The number of benzene rings is 2. The van der Waals surface area contributed by atoms with E-state index in [1.54, 1.807) is 22.4 Å². The molecule has 0 saturated carbocycles. The summed E-state index contributed by atoms with van der Waals surface area (Å²) in [4.78, 5) is 26.7. The van der Waals surface area contributed by atoms with Gasteiger partial charge in [0.2, 0.25) is 0 Å². The molecule has 4 aromatic rings. The normalized spacial score (nSPS) is 11.1. The topological polar surface area (TPSA) is 49.3 Å². The highest BCUT2D eigenvalue weighted by molar-refractivity contribution is 7.22. The van der Waals surface area contributed by atoms with Crippen molar-refractivity contribution in [2.45, 2.75) is 26.3 Å². The second-order valence-corrected chi connectivity index (χ2v) is 9.01. The number of aromatic nitrogens is 2. The summed E-state index contributed by atoms with van der Waals surface area (Å²) >= 11 is 1.55. The van der Waals surface area contributed by atoms with Crippen molar-refractivity contribution in [1.29, 1.82) is 0 Å². The molecule has 0 aliphatic carbocycles. The van der Waals surface area contributed by atoms with Gasteiger partial charge >= 0.3 is 0 Å². The van der Waals surface area contributed by atoms with Gasteiger partial charge in [0, 0.05) is 31.5 Å². The third-order valence-corrected chi connectivity index (χ3v) is 6.26. The van der Waals surface area contributed by atoms with Crippen LogP contribution in [0.4, 0.5) is 10.8 Å². The maximum Gasteiger partial charge on any atom is 0.260 e. The van der Waals surface area contributed by atoms with Crippen LogP contribution in [-0.2, 0) is 6.54 Å². The first-order chi connectivity index (χ1) is 14.9. The lowest BCUT2D eigenvalue weighted by molar-refractivity contribution is 0.0985. The number of carbonyl (C=O) groups excluding carboxylic acids is 1. The Labute approximate surface area is 187 Å². The highest BCUT2D eigenvalue weighted by atomic mass is 32.1. The van der Waals surface area contributed by atoms with Gasteiger partial charge in [-0.3, -0.25) is 14.7 Å². The van der Waals surface area contributed by atoms with Gasteiger partial charge in [0.05, 0.1) is 22.5 Å². The Bertz CT molecular complexity index is 1180. The van der Waals surface area contributed by atoms with Crippen molar-refractivity contribution < 1.29 is 4.79 Å². The van der Waals surface area contributed by atoms with Crippen LogP contribution < -0.4 is 9.80 Å². The molecule has 2 heterocycles. The molecule has 158 valence electrons. The van der Waals surface area contributed by atoms with Gasteiger partial charge in [0.25, 0.3) is 5.91 Å². The van der Waals surface area contributed by atoms with Crippen molar-refractivity contribution in [1.82, 2.24) is 9.97 Å². The summed E-state index contributed by atoms with van der Waals surface area (Å²) in [6.07, 6.45) is 1.75. The lowest BCUT2D eigenvalue weighted by atomic mass is 10.0.